The number of hydrogen-bond acceptors (Lipinski definition) is 14. The molecule has 61 heavy (non-hydrogen) atoms. The van der Waals surface area contributed by atoms with Crippen LogP contribution in [0.3, 0.4) is 0 Å². The van der Waals surface area contributed by atoms with Crippen LogP contribution in [0.4, 0.5) is 0 Å². The highest BCUT2D eigenvalue weighted by atomic mass is 16.6. The van der Waals surface area contributed by atoms with Crippen molar-refractivity contribution in [2.75, 3.05) is 6.61 Å². The molecular formula is C47H49NO13. The molecule has 11 atom stereocenters. The fourth-order valence-corrected chi connectivity index (χ4v) is 10.4. The number of aliphatic hydroxyl groups is 2. The molecule has 0 aromatic heterocycles. The predicted molar refractivity (Wildman–Crippen MR) is 216 cm³/mol. The molecule has 2 N–H and O–H groups in total. The third-order valence-corrected chi connectivity index (χ3v) is 13.6. The van der Waals surface area contributed by atoms with Crippen molar-refractivity contribution in [3.05, 3.63) is 119 Å². The Morgan fingerprint density at radius 1 is 0.836 bits per heavy atom. The average Bonchev–Trinajstić information content (AvgIpc) is 3.69. The number of carbonyl (C=O) groups is 5. The highest BCUT2D eigenvalue weighted by molar-refractivity contribution is 5.98. The minimum atomic E-state index is -2.30. The van der Waals surface area contributed by atoms with Crippen molar-refractivity contribution in [3.63, 3.8) is 0 Å². The zero-order valence-electron chi connectivity index (χ0n) is 34.7. The van der Waals surface area contributed by atoms with Crippen molar-refractivity contribution >= 4 is 35.6 Å². The van der Waals surface area contributed by atoms with Gasteiger partial charge in [0.15, 0.2) is 17.5 Å². The SMILES string of the molecule is CC(=O)O[C@H]1C(=O)[C@@]2(C)C([C@H](OC(=O)c3ccccc3)[C@]3(O)C[C@H](OC(=O)C4OC(c5ccccc5)=NC4c4ccccc4)C(C)=C1C3(C)C)[C@]1(OC(C)=O)CO[C@@H]1C[C@@H]2O. The lowest BCUT2D eigenvalue weighted by molar-refractivity contribution is -0.346. The number of hydrogen-bond donors (Lipinski definition) is 2. The molecule has 3 aliphatic carbocycles. The number of nitrogens with zero attached hydrogens (tertiary/aromatic N) is 1. The van der Waals surface area contributed by atoms with Crippen LogP contribution in [0.5, 0.6) is 0 Å². The standard InChI is InChI=1S/C47H49NO13/c1-25-31(58-43(54)37-35(28-16-10-7-11-17-28)48-41(59-37)29-18-12-8-13-19-29)23-47(55)40(60-42(53)30-20-14-9-15-21-30)38-45(6,32(51)22-33-46(38,24-56-33)61-27(3)50)39(52)36(57-26(2)49)34(25)44(47,4)5/h7-21,31-33,35-38,40,51,55H,22-24H2,1-6H3/t31-,32-,33+,35?,36+,37?,38?,40-,45+,46-,47+/m0/s1. The number of esters is 4. The van der Waals surface area contributed by atoms with Crippen molar-refractivity contribution in [1.29, 1.82) is 0 Å². The molecule has 5 aliphatic rings. The first kappa shape index (κ1) is 42.0. The zero-order chi connectivity index (χ0) is 43.6. The number of ether oxygens (including phenoxy) is 6. The van der Waals surface area contributed by atoms with Crippen LogP contribution >= 0.6 is 0 Å². The van der Waals surface area contributed by atoms with Crippen LogP contribution in [0.15, 0.2) is 107 Å². The number of aliphatic imine (C=N–C) groups is 1. The summed E-state index contributed by atoms with van der Waals surface area (Å²) in [6.07, 6.45) is -9.21. The van der Waals surface area contributed by atoms with Gasteiger partial charge in [-0.25, -0.2) is 14.6 Å². The Labute approximate surface area is 352 Å². The molecule has 0 spiro atoms. The highest BCUT2D eigenvalue weighted by Crippen LogP contribution is 2.64. The number of rotatable bonds is 8. The van der Waals surface area contributed by atoms with Gasteiger partial charge in [-0.15, -0.1) is 0 Å². The maximum Gasteiger partial charge on any atom is 0.350 e. The van der Waals surface area contributed by atoms with E-state index in [9.17, 15) is 29.4 Å². The van der Waals surface area contributed by atoms with E-state index in [1.165, 1.54) is 26.0 Å². The number of ketones is 1. The lowest BCUT2D eigenvalue weighted by atomic mass is 9.44. The second-order valence-electron chi connectivity index (χ2n) is 17.4. The molecule has 0 amide bonds. The van der Waals surface area contributed by atoms with Crippen LogP contribution < -0.4 is 0 Å². The van der Waals surface area contributed by atoms with Gasteiger partial charge in [0.2, 0.25) is 12.0 Å². The summed E-state index contributed by atoms with van der Waals surface area (Å²) >= 11 is 0. The Balaban J connectivity index is 1.29. The second kappa shape index (κ2) is 15.3. The molecule has 14 heteroatoms. The minimum Gasteiger partial charge on any atom is -0.459 e. The normalized spacial score (nSPS) is 34.8. The Morgan fingerprint density at radius 3 is 2.05 bits per heavy atom. The number of Topliss-reactive ketones (excluding diaryl/α,β-unsaturated/α-hetero) is 1. The third kappa shape index (κ3) is 6.66. The van der Waals surface area contributed by atoms with E-state index in [1.54, 1.807) is 51.1 Å². The van der Waals surface area contributed by atoms with E-state index in [-0.39, 0.29) is 30.1 Å². The molecule has 2 aliphatic heterocycles. The van der Waals surface area contributed by atoms with Gasteiger partial charge in [0.05, 0.1) is 29.6 Å². The number of benzene rings is 3. The van der Waals surface area contributed by atoms with Crippen LogP contribution in [0.1, 0.15) is 81.9 Å². The summed E-state index contributed by atoms with van der Waals surface area (Å²) in [5.41, 5.74) is -5.80. The van der Waals surface area contributed by atoms with Crippen LogP contribution in [-0.2, 0) is 47.6 Å². The molecular weight excluding hydrogens is 787 g/mol. The predicted octanol–water partition coefficient (Wildman–Crippen LogP) is 4.79. The summed E-state index contributed by atoms with van der Waals surface area (Å²) in [4.78, 5) is 75.3. The van der Waals surface area contributed by atoms with E-state index in [1.807, 2.05) is 48.5 Å². The second-order valence-corrected chi connectivity index (χ2v) is 17.4. The van der Waals surface area contributed by atoms with E-state index in [4.69, 9.17) is 33.4 Å². The first-order chi connectivity index (χ1) is 28.9. The summed E-state index contributed by atoms with van der Waals surface area (Å²) in [5.74, 6) is -5.38. The molecule has 2 saturated carbocycles. The summed E-state index contributed by atoms with van der Waals surface area (Å²) < 4.78 is 37.0. The first-order valence-corrected chi connectivity index (χ1v) is 20.4. The first-order valence-electron chi connectivity index (χ1n) is 20.4. The van der Waals surface area contributed by atoms with Crippen molar-refractivity contribution in [1.82, 2.24) is 0 Å². The van der Waals surface area contributed by atoms with E-state index in [0.717, 1.165) is 6.92 Å². The van der Waals surface area contributed by atoms with E-state index < -0.39 is 107 Å². The maximum absolute atomic E-state index is 15.5. The van der Waals surface area contributed by atoms with Crippen molar-refractivity contribution in [2.24, 2.45) is 21.7 Å². The lowest BCUT2D eigenvalue weighted by Crippen LogP contribution is -2.82. The van der Waals surface area contributed by atoms with E-state index in [0.29, 0.717) is 16.7 Å². The summed E-state index contributed by atoms with van der Waals surface area (Å²) in [5, 5.41) is 25.8. The molecule has 320 valence electrons. The van der Waals surface area contributed by atoms with Gasteiger partial charge in [-0.2, -0.15) is 0 Å². The van der Waals surface area contributed by atoms with Crippen LogP contribution in [0, 0.1) is 16.7 Å². The van der Waals surface area contributed by atoms with Crippen molar-refractivity contribution < 1.29 is 62.6 Å². The molecule has 1 saturated heterocycles. The van der Waals surface area contributed by atoms with Crippen LogP contribution in [-0.4, -0.2) is 100 Å². The Hall–Kier alpha value is -5.70. The van der Waals surface area contributed by atoms with E-state index >= 15 is 4.79 Å². The van der Waals surface area contributed by atoms with Crippen LogP contribution in [0.25, 0.3) is 0 Å². The van der Waals surface area contributed by atoms with Gasteiger partial charge in [-0.1, -0.05) is 80.6 Å². The molecule has 8 rings (SSSR count). The van der Waals surface area contributed by atoms with Crippen LogP contribution in [0.2, 0.25) is 0 Å². The molecule has 3 aromatic rings. The number of fused-ring (bicyclic) bond motifs is 5. The summed E-state index contributed by atoms with van der Waals surface area (Å²) in [7, 11) is 0. The average molecular weight is 836 g/mol. The molecule has 2 bridgehead atoms. The molecule has 0 radical (unpaired) electrons. The Morgan fingerprint density at radius 2 is 1.46 bits per heavy atom. The Kier molecular flexibility index (Phi) is 10.6. The van der Waals surface area contributed by atoms with Crippen molar-refractivity contribution in [2.45, 2.75) is 108 Å². The summed E-state index contributed by atoms with van der Waals surface area (Å²) in [6.45, 7) is 8.36. The number of carbonyl (C=O) groups excluding carboxylic acids is 5. The minimum absolute atomic E-state index is 0.0913. The zero-order valence-corrected chi connectivity index (χ0v) is 34.7. The van der Waals surface area contributed by atoms with Gasteiger partial charge in [0, 0.05) is 37.7 Å². The fraction of sp³-hybridized carbons (Fsp3) is 0.447. The smallest absolute Gasteiger partial charge is 0.350 e. The molecule has 3 aromatic carbocycles. The van der Waals surface area contributed by atoms with Gasteiger partial charge in [-0.05, 0) is 54.8 Å². The molecule has 3 fully saturated rings. The lowest BCUT2D eigenvalue weighted by Gasteiger charge is -2.67. The molecule has 3 unspecified atom stereocenters. The largest absolute Gasteiger partial charge is 0.459 e. The van der Waals surface area contributed by atoms with Gasteiger partial charge in [0.1, 0.15) is 30.0 Å². The fourth-order valence-electron chi connectivity index (χ4n) is 10.4. The number of aliphatic hydroxyl groups excluding tert-OH is 1. The monoisotopic (exact) mass is 835 g/mol. The van der Waals surface area contributed by atoms with E-state index in [2.05, 4.69) is 0 Å². The highest BCUT2D eigenvalue weighted by Gasteiger charge is 2.78. The van der Waals surface area contributed by atoms with Gasteiger partial charge < -0.3 is 38.6 Å². The third-order valence-electron chi connectivity index (χ3n) is 13.6. The Bertz CT molecular complexity index is 2310. The topological polar surface area (TPSA) is 194 Å². The van der Waals surface area contributed by atoms with Gasteiger partial charge in [0.25, 0.3) is 0 Å². The molecule has 14 nitrogen and oxygen atoms in total. The van der Waals surface area contributed by atoms with Crippen molar-refractivity contribution in [3.8, 4) is 0 Å². The maximum atomic E-state index is 15.5. The van der Waals surface area contributed by atoms with Gasteiger partial charge in [-0.3, -0.25) is 14.4 Å². The quantitative estimate of drug-likeness (QED) is 0.179. The molecule has 2 heterocycles. The summed E-state index contributed by atoms with van der Waals surface area (Å²) in [6, 6.07) is 25.3. The van der Waals surface area contributed by atoms with Gasteiger partial charge >= 0.3 is 23.9 Å².